The average molecular weight is 532 g/mol. The number of hydrogen-bond donors (Lipinski definition) is 3. The van der Waals surface area contributed by atoms with Crippen LogP contribution in [0.25, 0.3) is 21.9 Å². The van der Waals surface area contributed by atoms with Crippen LogP contribution in [0.15, 0.2) is 40.9 Å². The molecule has 1 atom stereocenters. The molecule has 1 fully saturated rings. The van der Waals surface area contributed by atoms with Gasteiger partial charge in [-0.15, -0.1) is 0 Å². The van der Waals surface area contributed by atoms with Gasteiger partial charge in [-0.3, -0.25) is 10.1 Å². The molecule has 4 aromatic rings. The van der Waals surface area contributed by atoms with Crippen molar-refractivity contribution in [3.8, 4) is 11.6 Å². The topological polar surface area (TPSA) is 119 Å². The van der Waals surface area contributed by atoms with Gasteiger partial charge in [0.15, 0.2) is 17.0 Å². The van der Waals surface area contributed by atoms with Gasteiger partial charge in [0.25, 0.3) is 5.91 Å². The highest BCUT2D eigenvalue weighted by Gasteiger charge is 2.51. The van der Waals surface area contributed by atoms with Gasteiger partial charge in [0.05, 0.1) is 13.7 Å². The normalized spacial score (nSPS) is 18.5. The second-order valence-electron chi connectivity index (χ2n) is 7.44. The molecule has 0 radical (unpaired) electrons. The quantitative estimate of drug-likeness (QED) is 0.211. The maximum Gasteiger partial charge on any atom is 0.322 e. The molecular formula is C21H17IN4O5. The molecule has 31 heavy (non-hydrogen) atoms. The number of ether oxygens (including phenoxy) is 1. The minimum Gasteiger partial charge on any atom is -0.497 e. The predicted octanol–water partition coefficient (Wildman–Crippen LogP) is 3.14. The van der Waals surface area contributed by atoms with Crippen molar-refractivity contribution >= 4 is 56.4 Å². The molecule has 5 rings (SSSR count). The molecule has 3 amide bonds. The Balaban J connectivity index is 1.66. The number of imide groups is 1. The van der Waals surface area contributed by atoms with Crippen molar-refractivity contribution < 1.29 is 23.8 Å². The number of benzene rings is 1. The Hall–Kier alpha value is -3.28. The lowest BCUT2D eigenvalue weighted by Gasteiger charge is -2.24. The Morgan fingerprint density at radius 3 is 2.81 bits per heavy atom. The lowest BCUT2D eigenvalue weighted by atomic mass is 9.96. The number of pyridine rings is 1. The summed E-state index contributed by atoms with van der Waals surface area (Å²) in [6, 6.07) is 8.13. The minimum absolute atomic E-state index is 0.0538. The highest BCUT2D eigenvalue weighted by atomic mass is 127. The standard InChI is InChI=1S/C21H17IN4O5/c1-10-5-15-14(23-17(10)22)7-16(31-15)21(19(28)24-20(29)25-21)9-26-8-11-3-4-12(30-2)6-13(11)18(26)27/h3-8,27H,9H2,1-2H3,(H2,24,25,28,29)/t21-/m0/s1. The molecule has 1 aromatic carbocycles. The van der Waals surface area contributed by atoms with Crippen LogP contribution < -0.4 is 15.4 Å². The van der Waals surface area contributed by atoms with E-state index in [9.17, 15) is 14.7 Å². The lowest BCUT2D eigenvalue weighted by Crippen LogP contribution is -2.47. The first-order valence-corrected chi connectivity index (χ1v) is 10.5. The zero-order valence-electron chi connectivity index (χ0n) is 16.5. The average Bonchev–Trinajstić information content (AvgIpc) is 3.37. The van der Waals surface area contributed by atoms with Crippen molar-refractivity contribution in [3.05, 3.63) is 51.6 Å². The van der Waals surface area contributed by atoms with Gasteiger partial charge >= 0.3 is 6.03 Å². The zero-order valence-corrected chi connectivity index (χ0v) is 18.7. The van der Waals surface area contributed by atoms with Gasteiger partial charge in [0.2, 0.25) is 0 Å². The Bertz CT molecular complexity index is 1350. The minimum atomic E-state index is -1.55. The van der Waals surface area contributed by atoms with Crippen molar-refractivity contribution in [2.45, 2.75) is 19.0 Å². The van der Waals surface area contributed by atoms with E-state index in [2.05, 4.69) is 38.2 Å². The molecule has 158 valence electrons. The number of nitrogens with one attached hydrogen (secondary N) is 2. The number of aryl methyl sites for hydroxylation is 1. The number of aromatic hydroxyl groups is 1. The summed E-state index contributed by atoms with van der Waals surface area (Å²) < 4.78 is 13.5. The molecule has 0 aliphatic carbocycles. The van der Waals surface area contributed by atoms with Gasteiger partial charge < -0.3 is 24.1 Å². The molecule has 3 N–H and O–H groups in total. The smallest absolute Gasteiger partial charge is 0.322 e. The van der Waals surface area contributed by atoms with Crippen LogP contribution in [-0.4, -0.2) is 33.7 Å². The molecule has 0 saturated carbocycles. The molecule has 4 heterocycles. The second kappa shape index (κ2) is 6.87. The van der Waals surface area contributed by atoms with Gasteiger partial charge in [0, 0.05) is 23.0 Å². The van der Waals surface area contributed by atoms with Crippen LogP contribution in [0.1, 0.15) is 11.3 Å². The van der Waals surface area contributed by atoms with E-state index < -0.39 is 17.5 Å². The van der Waals surface area contributed by atoms with E-state index in [1.165, 1.54) is 4.57 Å². The second-order valence-corrected chi connectivity index (χ2v) is 8.46. The fraction of sp³-hybridized carbons (Fsp3) is 0.190. The number of carbonyl (C=O) groups excluding carboxylic acids is 2. The van der Waals surface area contributed by atoms with Crippen LogP contribution >= 0.6 is 22.6 Å². The molecular weight excluding hydrogens is 515 g/mol. The molecule has 1 aliphatic rings. The number of hydrogen-bond acceptors (Lipinski definition) is 6. The number of aromatic nitrogens is 2. The first-order valence-electron chi connectivity index (χ1n) is 9.37. The SMILES string of the molecule is COc1ccc2cn(C[C@@]3(c4cc5nc(I)c(C)cc5o4)NC(=O)NC3=O)c(O)c2c1. The number of rotatable bonds is 4. The third-order valence-corrected chi connectivity index (χ3v) is 6.56. The molecule has 9 nitrogen and oxygen atoms in total. The summed E-state index contributed by atoms with van der Waals surface area (Å²) in [6.45, 7) is 1.83. The van der Waals surface area contributed by atoms with Crippen molar-refractivity contribution in [1.82, 2.24) is 20.2 Å². The Morgan fingerprint density at radius 2 is 2.10 bits per heavy atom. The van der Waals surface area contributed by atoms with Crippen LogP contribution in [0.3, 0.4) is 0 Å². The Morgan fingerprint density at radius 1 is 1.29 bits per heavy atom. The number of nitrogens with zero attached hydrogens (tertiary/aromatic N) is 2. The molecule has 10 heteroatoms. The first kappa shape index (κ1) is 19.7. The van der Waals surface area contributed by atoms with E-state index in [1.54, 1.807) is 37.6 Å². The summed E-state index contributed by atoms with van der Waals surface area (Å²) in [6.07, 6.45) is 1.71. The molecule has 0 unspecified atom stereocenters. The summed E-state index contributed by atoms with van der Waals surface area (Å²) >= 11 is 2.13. The van der Waals surface area contributed by atoms with Crippen LogP contribution in [0.2, 0.25) is 0 Å². The number of halogens is 1. The summed E-state index contributed by atoms with van der Waals surface area (Å²) in [5.41, 5.74) is 0.470. The molecule has 1 aliphatic heterocycles. The summed E-state index contributed by atoms with van der Waals surface area (Å²) in [5, 5.41) is 17.1. The number of methoxy groups -OCH3 is 1. The number of fused-ring (bicyclic) bond motifs is 2. The van der Waals surface area contributed by atoms with Gasteiger partial charge in [0.1, 0.15) is 20.7 Å². The molecule has 3 aromatic heterocycles. The fourth-order valence-corrected chi connectivity index (χ4v) is 4.25. The third kappa shape index (κ3) is 3.00. The Kier molecular flexibility index (Phi) is 4.36. The summed E-state index contributed by atoms with van der Waals surface area (Å²) in [5.74, 6) is 0.199. The number of amides is 3. The highest BCUT2D eigenvalue weighted by Crippen LogP contribution is 2.36. The molecule has 0 bridgehead atoms. The molecule has 0 spiro atoms. The van der Waals surface area contributed by atoms with E-state index in [1.807, 2.05) is 13.0 Å². The highest BCUT2D eigenvalue weighted by molar-refractivity contribution is 14.1. The van der Waals surface area contributed by atoms with Crippen molar-refractivity contribution in [2.75, 3.05) is 7.11 Å². The van der Waals surface area contributed by atoms with Crippen LogP contribution in [0.5, 0.6) is 11.6 Å². The van der Waals surface area contributed by atoms with Gasteiger partial charge in [-0.1, -0.05) is 0 Å². The van der Waals surface area contributed by atoms with Crippen molar-refractivity contribution in [2.24, 2.45) is 0 Å². The van der Waals surface area contributed by atoms with E-state index in [0.29, 0.717) is 22.2 Å². The van der Waals surface area contributed by atoms with E-state index in [4.69, 9.17) is 9.15 Å². The maximum absolute atomic E-state index is 13.0. The summed E-state index contributed by atoms with van der Waals surface area (Å²) in [7, 11) is 1.54. The van der Waals surface area contributed by atoms with E-state index in [0.717, 1.165) is 14.7 Å². The van der Waals surface area contributed by atoms with Crippen molar-refractivity contribution in [1.29, 1.82) is 0 Å². The predicted molar refractivity (Wildman–Crippen MR) is 120 cm³/mol. The molecule has 1 saturated heterocycles. The fourth-order valence-electron chi connectivity index (χ4n) is 3.83. The lowest BCUT2D eigenvalue weighted by molar-refractivity contribution is -0.125. The zero-order chi connectivity index (χ0) is 21.9. The largest absolute Gasteiger partial charge is 0.497 e. The number of furan rings is 1. The number of urea groups is 1. The monoisotopic (exact) mass is 532 g/mol. The van der Waals surface area contributed by atoms with E-state index >= 15 is 0 Å². The van der Waals surface area contributed by atoms with Gasteiger partial charge in [-0.05, 0) is 59.3 Å². The maximum atomic E-state index is 13.0. The summed E-state index contributed by atoms with van der Waals surface area (Å²) in [4.78, 5) is 29.6. The van der Waals surface area contributed by atoms with Gasteiger partial charge in [-0.25, -0.2) is 9.78 Å². The van der Waals surface area contributed by atoms with Crippen LogP contribution in [0, 0.1) is 10.6 Å². The number of carbonyl (C=O) groups is 2. The Labute approximate surface area is 189 Å². The van der Waals surface area contributed by atoms with Gasteiger partial charge in [-0.2, -0.15) is 0 Å². The third-order valence-electron chi connectivity index (χ3n) is 5.47. The van der Waals surface area contributed by atoms with Crippen LogP contribution in [0.4, 0.5) is 4.79 Å². The van der Waals surface area contributed by atoms with E-state index in [-0.39, 0.29) is 18.2 Å². The van der Waals surface area contributed by atoms with Crippen LogP contribution in [-0.2, 0) is 16.9 Å². The first-order chi connectivity index (χ1) is 14.8. The van der Waals surface area contributed by atoms with Crippen molar-refractivity contribution in [3.63, 3.8) is 0 Å².